The van der Waals surface area contributed by atoms with Gasteiger partial charge in [0.1, 0.15) is 5.54 Å². The van der Waals surface area contributed by atoms with E-state index in [1.54, 1.807) is 0 Å². The lowest BCUT2D eigenvalue weighted by Gasteiger charge is -2.27. The molecule has 0 saturated heterocycles. The molecule has 2 aromatic rings. The smallest absolute Gasteiger partial charge is 0.331 e. The van der Waals surface area contributed by atoms with Crippen LogP contribution in [-0.2, 0) is 9.53 Å². The van der Waals surface area contributed by atoms with E-state index in [0.29, 0.717) is 30.6 Å². The molecule has 0 spiro atoms. The zero-order valence-corrected chi connectivity index (χ0v) is 15.7. The van der Waals surface area contributed by atoms with Crippen LogP contribution < -0.4 is 10.1 Å². The summed E-state index contributed by atoms with van der Waals surface area (Å²) in [6.45, 7) is 2.31. The lowest BCUT2D eigenvalue weighted by molar-refractivity contribution is -0.145. The highest BCUT2D eigenvalue weighted by molar-refractivity contribution is 7.99. The Kier molecular flexibility index (Phi) is 5.92. The van der Waals surface area contributed by atoms with Crippen LogP contribution in [0.15, 0.2) is 40.4 Å². The summed E-state index contributed by atoms with van der Waals surface area (Å²) in [6.07, 6.45) is 3.29. The fraction of sp³-hybridized carbons (Fsp3) is 0.444. The fourth-order valence-corrected chi connectivity index (χ4v) is 3.76. The molecule has 0 amide bonds. The molecule has 0 unspecified atom stereocenters. The lowest BCUT2D eigenvalue weighted by atomic mass is 9.98. The maximum atomic E-state index is 12.3. The Morgan fingerprint density at radius 1 is 1.19 bits per heavy atom. The number of rotatable bonds is 7. The second kappa shape index (κ2) is 8.35. The second-order valence-electron chi connectivity index (χ2n) is 5.98. The summed E-state index contributed by atoms with van der Waals surface area (Å²) in [5, 5.41) is 3.71. The predicted octanol–water partition coefficient (Wildman–Crippen LogP) is 3.32. The van der Waals surface area contributed by atoms with E-state index in [9.17, 15) is 4.79 Å². The first-order valence-corrected chi connectivity index (χ1v) is 9.45. The topological polar surface area (TPSA) is 86.2 Å². The van der Waals surface area contributed by atoms with Gasteiger partial charge in [0.2, 0.25) is 11.1 Å². The molecule has 1 N–H and O–H groups in total. The third-order valence-corrected chi connectivity index (χ3v) is 5.08. The lowest BCUT2D eigenvalue weighted by Crippen LogP contribution is -2.45. The Hall–Kier alpha value is -2.35. The van der Waals surface area contributed by atoms with Gasteiger partial charge in [-0.3, -0.25) is 0 Å². The first-order chi connectivity index (χ1) is 12.6. The molecule has 1 aliphatic rings. The van der Waals surface area contributed by atoms with Gasteiger partial charge >= 0.3 is 12.0 Å². The van der Waals surface area contributed by atoms with Crippen molar-refractivity contribution in [1.29, 1.82) is 0 Å². The number of nitrogens with zero attached hydrogens (tertiary/aromatic N) is 3. The van der Waals surface area contributed by atoms with Crippen LogP contribution in [0.5, 0.6) is 6.01 Å². The summed E-state index contributed by atoms with van der Waals surface area (Å²) in [7, 11) is 1.40. The zero-order chi connectivity index (χ0) is 18.4. The number of hydrogen-bond donors (Lipinski definition) is 1. The SMILES string of the molecule is CCOc1nc(NC2(C(=O)OC)CCCC2)nc(Sc2ccccc2)n1. The van der Waals surface area contributed by atoms with Crippen LogP contribution in [0.2, 0.25) is 0 Å². The largest absolute Gasteiger partial charge is 0.467 e. The third kappa shape index (κ3) is 4.24. The summed E-state index contributed by atoms with van der Waals surface area (Å²) >= 11 is 1.41. The van der Waals surface area contributed by atoms with E-state index in [-0.39, 0.29) is 12.0 Å². The first kappa shape index (κ1) is 18.4. The molecule has 3 rings (SSSR count). The van der Waals surface area contributed by atoms with Crippen molar-refractivity contribution in [2.75, 3.05) is 19.0 Å². The van der Waals surface area contributed by atoms with Gasteiger partial charge in [-0.2, -0.15) is 15.0 Å². The number of esters is 1. The van der Waals surface area contributed by atoms with Crippen molar-refractivity contribution in [1.82, 2.24) is 15.0 Å². The minimum absolute atomic E-state index is 0.237. The van der Waals surface area contributed by atoms with Crippen LogP contribution in [0.1, 0.15) is 32.6 Å². The Labute approximate surface area is 156 Å². The van der Waals surface area contributed by atoms with Gasteiger partial charge in [0, 0.05) is 4.90 Å². The van der Waals surface area contributed by atoms with Crippen molar-refractivity contribution in [3.63, 3.8) is 0 Å². The van der Waals surface area contributed by atoms with E-state index < -0.39 is 5.54 Å². The molecule has 1 heterocycles. The molecule has 0 atom stereocenters. The monoisotopic (exact) mass is 374 g/mol. The quantitative estimate of drug-likeness (QED) is 0.739. The average molecular weight is 374 g/mol. The highest BCUT2D eigenvalue weighted by Gasteiger charge is 2.43. The standard InChI is InChI=1S/C18H22N4O3S/c1-3-25-16-19-15(22-18(14(23)24-2)11-7-8-12-18)20-17(21-16)26-13-9-5-4-6-10-13/h4-6,9-10H,3,7-8,11-12H2,1-2H3,(H,19,20,21,22). The van der Waals surface area contributed by atoms with Crippen molar-refractivity contribution < 1.29 is 14.3 Å². The number of benzene rings is 1. The molecule has 7 nitrogen and oxygen atoms in total. The first-order valence-electron chi connectivity index (χ1n) is 8.63. The maximum absolute atomic E-state index is 12.3. The number of methoxy groups -OCH3 is 1. The van der Waals surface area contributed by atoms with E-state index in [1.165, 1.54) is 18.9 Å². The normalized spacial score (nSPS) is 15.5. The number of ether oxygens (including phenoxy) is 2. The van der Waals surface area contributed by atoms with Crippen molar-refractivity contribution in [2.24, 2.45) is 0 Å². The molecule has 1 saturated carbocycles. The minimum Gasteiger partial charge on any atom is -0.467 e. The molecular weight excluding hydrogens is 352 g/mol. The van der Waals surface area contributed by atoms with E-state index in [1.807, 2.05) is 37.3 Å². The van der Waals surface area contributed by atoms with E-state index in [4.69, 9.17) is 9.47 Å². The fourth-order valence-electron chi connectivity index (χ4n) is 3.00. The van der Waals surface area contributed by atoms with Gasteiger partial charge in [0.05, 0.1) is 13.7 Å². The van der Waals surface area contributed by atoms with Crippen molar-refractivity contribution in [3.8, 4) is 6.01 Å². The maximum Gasteiger partial charge on any atom is 0.331 e. The summed E-state index contributed by atoms with van der Waals surface area (Å²) in [5.74, 6) is 0.0415. The Balaban J connectivity index is 1.89. The summed E-state index contributed by atoms with van der Waals surface area (Å²) in [6, 6.07) is 10.1. The van der Waals surface area contributed by atoms with Gasteiger partial charge in [0.15, 0.2) is 0 Å². The number of hydrogen-bond acceptors (Lipinski definition) is 8. The van der Waals surface area contributed by atoms with Gasteiger partial charge in [-0.15, -0.1) is 0 Å². The van der Waals surface area contributed by atoms with Crippen LogP contribution >= 0.6 is 11.8 Å². The van der Waals surface area contributed by atoms with E-state index in [2.05, 4.69) is 20.3 Å². The van der Waals surface area contributed by atoms with Crippen molar-refractivity contribution in [2.45, 2.75) is 48.2 Å². The van der Waals surface area contributed by atoms with Crippen LogP contribution in [0.25, 0.3) is 0 Å². The molecule has 0 aliphatic heterocycles. The average Bonchev–Trinajstić information content (AvgIpc) is 3.11. The molecule has 1 aromatic carbocycles. The predicted molar refractivity (Wildman–Crippen MR) is 98.4 cm³/mol. The van der Waals surface area contributed by atoms with Crippen molar-refractivity contribution in [3.05, 3.63) is 30.3 Å². The van der Waals surface area contributed by atoms with Gasteiger partial charge in [-0.25, -0.2) is 4.79 Å². The Morgan fingerprint density at radius 3 is 2.58 bits per heavy atom. The van der Waals surface area contributed by atoms with Crippen LogP contribution in [0.3, 0.4) is 0 Å². The zero-order valence-electron chi connectivity index (χ0n) is 14.9. The third-order valence-electron chi connectivity index (χ3n) is 4.20. The Bertz CT molecular complexity index is 751. The van der Waals surface area contributed by atoms with Crippen LogP contribution in [0.4, 0.5) is 5.95 Å². The molecule has 138 valence electrons. The van der Waals surface area contributed by atoms with Crippen LogP contribution in [0, 0.1) is 0 Å². The van der Waals surface area contributed by atoms with Gasteiger partial charge in [-0.05, 0) is 43.7 Å². The molecular formula is C18H22N4O3S. The van der Waals surface area contributed by atoms with E-state index >= 15 is 0 Å². The highest BCUT2D eigenvalue weighted by atomic mass is 32.2. The number of aromatic nitrogens is 3. The molecule has 0 bridgehead atoms. The Morgan fingerprint density at radius 2 is 1.92 bits per heavy atom. The molecule has 26 heavy (non-hydrogen) atoms. The molecule has 1 aromatic heterocycles. The summed E-state index contributed by atoms with van der Waals surface area (Å²) in [5.41, 5.74) is -0.783. The van der Waals surface area contributed by atoms with Gasteiger partial charge < -0.3 is 14.8 Å². The minimum atomic E-state index is -0.783. The van der Waals surface area contributed by atoms with Crippen LogP contribution in [-0.4, -0.2) is 40.2 Å². The molecule has 0 radical (unpaired) electrons. The molecule has 8 heteroatoms. The molecule has 1 fully saturated rings. The number of nitrogens with one attached hydrogen (secondary N) is 1. The van der Waals surface area contributed by atoms with Gasteiger partial charge in [-0.1, -0.05) is 31.0 Å². The summed E-state index contributed by atoms with van der Waals surface area (Å²) < 4.78 is 10.5. The highest BCUT2D eigenvalue weighted by Crippen LogP contribution is 2.34. The van der Waals surface area contributed by atoms with E-state index in [0.717, 1.165) is 17.7 Å². The number of carbonyl (C=O) groups excluding carboxylic acids is 1. The van der Waals surface area contributed by atoms with Gasteiger partial charge in [0.25, 0.3) is 0 Å². The number of anilines is 1. The number of carbonyl (C=O) groups is 1. The summed E-state index contributed by atoms with van der Waals surface area (Å²) in [4.78, 5) is 26.5. The second-order valence-corrected chi connectivity index (χ2v) is 7.02. The molecule has 1 aliphatic carbocycles. The van der Waals surface area contributed by atoms with Crippen molar-refractivity contribution >= 4 is 23.7 Å².